The first kappa shape index (κ1) is 13.9. The van der Waals surface area contributed by atoms with Crippen molar-refractivity contribution in [1.29, 1.82) is 0 Å². The van der Waals surface area contributed by atoms with Crippen LogP contribution in [0.3, 0.4) is 0 Å². The number of aryl methyl sites for hydroxylation is 1. The van der Waals surface area contributed by atoms with Crippen LogP contribution in [0.2, 0.25) is 0 Å². The smallest absolute Gasteiger partial charge is 0.0414 e. The first-order valence-electron chi connectivity index (χ1n) is 8.36. The van der Waals surface area contributed by atoms with Crippen LogP contribution in [0.1, 0.15) is 50.2 Å². The number of nitrogens with zero attached hydrogens (tertiary/aromatic N) is 1. The van der Waals surface area contributed by atoms with Gasteiger partial charge in [-0.25, -0.2) is 0 Å². The van der Waals surface area contributed by atoms with Gasteiger partial charge >= 0.3 is 0 Å². The molecule has 1 N–H and O–H groups in total. The fourth-order valence-corrected chi connectivity index (χ4v) is 4.15. The van der Waals surface area contributed by atoms with E-state index in [0.717, 1.165) is 25.0 Å². The molecule has 0 spiro atoms. The Hall–Kier alpha value is -1.02. The zero-order chi connectivity index (χ0) is 13.9. The van der Waals surface area contributed by atoms with Crippen molar-refractivity contribution < 1.29 is 0 Å². The lowest BCUT2D eigenvalue weighted by molar-refractivity contribution is 0.362. The predicted octanol–water partition coefficient (Wildman–Crippen LogP) is 3.87. The summed E-state index contributed by atoms with van der Waals surface area (Å²) in [4.78, 5) is 2.73. The van der Waals surface area contributed by atoms with Crippen LogP contribution in [0.25, 0.3) is 0 Å². The Balaban J connectivity index is 1.87. The quantitative estimate of drug-likeness (QED) is 0.895. The molecule has 3 rings (SSSR count). The van der Waals surface area contributed by atoms with Gasteiger partial charge in [0.25, 0.3) is 0 Å². The van der Waals surface area contributed by atoms with Gasteiger partial charge in [-0.1, -0.05) is 31.0 Å². The number of benzene rings is 1. The molecule has 0 amide bonds. The highest BCUT2D eigenvalue weighted by atomic mass is 15.2. The first-order chi connectivity index (χ1) is 9.79. The summed E-state index contributed by atoms with van der Waals surface area (Å²) in [5.74, 6) is 0.956. The Morgan fingerprint density at radius 1 is 1.20 bits per heavy atom. The number of hydrogen-bond donors (Lipinski definition) is 1. The second-order valence-electron chi connectivity index (χ2n) is 6.51. The molecule has 1 aliphatic heterocycles. The number of fused-ring (bicyclic) bond motifs is 1. The maximum Gasteiger partial charge on any atom is 0.0414 e. The molecule has 1 heterocycles. The summed E-state index contributed by atoms with van der Waals surface area (Å²) in [6.45, 7) is 7.68. The normalized spacial score (nSPS) is 25.8. The van der Waals surface area contributed by atoms with Crippen molar-refractivity contribution in [3.63, 3.8) is 0 Å². The topological polar surface area (TPSA) is 15.3 Å². The third-order valence-electron chi connectivity index (χ3n) is 5.10. The highest BCUT2D eigenvalue weighted by Crippen LogP contribution is 2.40. The Labute approximate surface area is 123 Å². The van der Waals surface area contributed by atoms with Gasteiger partial charge in [0.1, 0.15) is 0 Å². The van der Waals surface area contributed by atoms with E-state index in [9.17, 15) is 0 Å². The summed E-state index contributed by atoms with van der Waals surface area (Å²) in [6.07, 6.45) is 7.11. The van der Waals surface area contributed by atoms with Gasteiger partial charge in [0.2, 0.25) is 0 Å². The van der Waals surface area contributed by atoms with Crippen molar-refractivity contribution in [1.82, 2.24) is 5.32 Å². The first-order valence-corrected chi connectivity index (χ1v) is 8.36. The molecule has 1 aromatic rings. The summed E-state index contributed by atoms with van der Waals surface area (Å²) in [7, 11) is 0. The van der Waals surface area contributed by atoms with Crippen molar-refractivity contribution in [2.24, 2.45) is 5.92 Å². The van der Waals surface area contributed by atoms with Gasteiger partial charge in [0.15, 0.2) is 0 Å². The van der Waals surface area contributed by atoms with Crippen LogP contribution in [0.5, 0.6) is 0 Å². The van der Waals surface area contributed by atoms with E-state index >= 15 is 0 Å². The number of hydrogen-bond acceptors (Lipinski definition) is 2. The molecule has 2 atom stereocenters. The predicted molar refractivity (Wildman–Crippen MR) is 86.3 cm³/mol. The molecule has 2 nitrogen and oxygen atoms in total. The molecule has 1 saturated carbocycles. The van der Waals surface area contributed by atoms with Crippen LogP contribution in [-0.4, -0.2) is 19.1 Å². The van der Waals surface area contributed by atoms with Crippen LogP contribution in [-0.2, 0) is 6.54 Å². The van der Waals surface area contributed by atoms with Crippen LogP contribution in [0.15, 0.2) is 18.2 Å². The molecule has 20 heavy (non-hydrogen) atoms. The zero-order valence-corrected chi connectivity index (χ0v) is 13.0. The van der Waals surface area contributed by atoms with Gasteiger partial charge in [0, 0.05) is 24.8 Å². The molecule has 0 bridgehead atoms. The monoisotopic (exact) mass is 272 g/mol. The number of rotatable bonds is 4. The van der Waals surface area contributed by atoms with Gasteiger partial charge < -0.3 is 10.2 Å². The van der Waals surface area contributed by atoms with E-state index in [1.54, 1.807) is 0 Å². The summed E-state index contributed by atoms with van der Waals surface area (Å²) in [5, 5.41) is 3.50. The van der Waals surface area contributed by atoms with Gasteiger partial charge in [-0.15, -0.1) is 0 Å². The van der Waals surface area contributed by atoms with E-state index in [2.05, 4.69) is 42.3 Å². The summed E-state index contributed by atoms with van der Waals surface area (Å²) in [5.41, 5.74) is 4.36. The van der Waals surface area contributed by atoms with Gasteiger partial charge in [-0.05, 0) is 56.7 Å². The molecule has 110 valence electrons. The Bertz CT molecular complexity index is 455. The minimum Gasteiger partial charge on any atom is -0.368 e. The Morgan fingerprint density at radius 3 is 2.90 bits per heavy atom. The molecule has 2 fully saturated rings. The minimum absolute atomic E-state index is 0.812. The second kappa shape index (κ2) is 6.17. The van der Waals surface area contributed by atoms with Crippen molar-refractivity contribution in [2.45, 2.75) is 58.5 Å². The van der Waals surface area contributed by atoms with Gasteiger partial charge in [0.05, 0.1) is 0 Å². The highest BCUT2D eigenvalue weighted by Gasteiger charge is 2.35. The fraction of sp³-hybridized carbons (Fsp3) is 0.667. The minimum atomic E-state index is 0.812. The molecule has 2 aliphatic rings. The maximum absolute atomic E-state index is 3.50. The Kier molecular flexibility index (Phi) is 4.30. The third-order valence-corrected chi connectivity index (χ3v) is 5.10. The van der Waals surface area contributed by atoms with Crippen LogP contribution >= 0.6 is 0 Å². The molecule has 1 saturated heterocycles. The average molecular weight is 272 g/mol. The lowest BCUT2D eigenvalue weighted by Gasteiger charge is -2.40. The third kappa shape index (κ3) is 2.71. The number of nitrogens with one attached hydrogen (secondary N) is 1. The van der Waals surface area contributed by atoms with Crippen molar-refractivity contribution >= 4 is 5.69 Å². The summed E-state index contributed by atoms with van der Waals surface area (Å²) >= 11 is 0. The molecule has 2 unspecified atom stereocenters. The van der Waals surface area contributed by atoms with Crippen LogP contribution in [0, 0.1) is 12.8 Å². The summed E-state index contributed by atoms with van der Waals surface area (Å²) in [6, 6.07) is 7.83. The molecule has 2 heteroatoms. The molecular weight excluding hydrogens is 244 g/mol. The standard InChI is InChI=1S/C18H28N2/c1-3-19-13-16-12-14(2)9-10-18(16)20-11-5-7-15-6-4-8-17(15)20/h9-10,12,15,17,19H,3-8,11,13H2,1-2H3. The number of anilines is 1. The van der Waals surface area contributed by atoms with E-state index in [4.69, 9.17) is 0 Å². The number of piperidine rings is 1. The lowest BCUT2D eigenvalue weighted by Crippen LogP contribution is -2.43. The van der Waals surface area contributed by atoms with E-state index in [-0.39, 0.29) is 0 Å². The van der Waals surface area contributed by atoms with Crippen LogP contribution in [0.4, 0.5) is 5.69 Å². The lowest BCUT2D eigenvalue weighted by atomic mass is 9.91. The van der Waals surface area contributed by atoms with E-state index in [0.29, 0.717) is 0 Å². The van der Waals surface area contributed by atoms with Crippen LogP contribution < -0.4 is 10.2 Å². The molecule has 0 aromatic heterocycles. The van der Waals surface area contributed by atoms with Crippen molar-refractivity contribution in [2.75, 3.05) is 18.0 Å². The molecule has 0 radical (unpaired) electrons. The van der Waals surface area contributed by atoms with E-state index in [1.807, 2.05) is 0 Å². The largest absolute Gasteiger partial charge is 0.368 e. The second-order valence-corrected chi connectivity index (χ2v) is 6.51. The summed E-state index contributed by atoms with van der Waals surface area (Å²) < 4.78 is 0. The van der Waals surface area contributed by atoms with Crippen molar-refractivity contribution in [3.05, 3.63) is 29.3 Å². The van der Waals surface area contributed by atoms with Crippen molar-refractivity contribution in [3.8, 4) is 0 Å². The molecular formula is C18H28N2. The SMILES string of the molecule is CCNCc1cc(C)ccc1N1CCCC2CCCC21. The molecule has 1 aliphatic carbocycles. The van der Waals surface area contributed by atoms with Gasteiger partial charge in [-0.2, -0.15) is 0 Å². The van der Waals surface area contributed by atoms with Gasteiger partial charge in [-0.3, -0.25) is 0 Å². The van der Waals surface area contributed by atoms with E-state index in [1.165, 1.54) is 55.5 Å². The maximum atomic E-state index is 3.50. The average Bonchev–Trinajstić information content (AvgIpc) is 2.94. The zero-order valence-electron chi connectivity index (χ0n) is 13.0. The fourth-order valence-electron chi connectivity index (χ4n) is 4.15. The highest BCUT2D eigenvalue weighted by molar-refractivity contribution is 5.56. The van der Waals surface area contributed by atoms with E-state index < -0.39 is 0 Å². The molecule has 1 aromatic carbocycles. The Morgan fingerprint density at radius 2 is 2.05 bits per heavy atom.